The molecule has 0 spiro atoms. The number of nitriles is 1. The molecule has 3 rings (SSSR count). The fraction of sp³-hybridized carbons (Fsp3) is 0.389. The molecule has 1 fully saturated rings. The van der Waals surface area contributed by atoms with Gasteiger partial charge in [-0.25, -0.2) is 0 Å². The third-order valence-electron chi connectivity index (χ3n) is 4.29. The van der Waals surface area contributed by atoms with Crippen LogP contribution in [0.5, 0.6) is 5.75 Å². The van der Waals surface area contributed by atoms with Gasteiger partial charge in [0.05, 0.1) is 11.6 Å². The van der Waals surface area contributed by atoms with Crippen molar-refractivity contribution < 1.29 is 4.74 Å². The molecule has 3 heteroatoms. The number of benzene rings is 2. The van der Waals surface area contributed by atoms with Gasteiger partial charge >= 0.3 is 0 Å². The van der Waals surface area contributed by atoms with E-state index in [2.05, 4.69) is 6.07 Å². The molecule has 1 saturated carbocycles. The Kier molecular flexibility index (Phi) is 4.08. The molecule has 0 bridgehead atoms. The van der Waals surface area contributed by atoms with E-state index in [1.54, 1.807) is 0 Å². The minimum Gasteiger partial charge on any atom is -0.488 e. The first-order valence-electron chi connectivity index (χ1n) is 7.63. The van der Waals surface area contributed by atoms with E-state index in [0.717, 1.165) is 29.4 Å². The highest BCUT2D eigenvalue weighted by molar-refractivity contribution is 5.92. The van der Waals surface area contributed by atoms with Gasteiger partial charge < -0.3 is 10.5 Å². The van der Waals surface area contributed by atoms with Crippen molar-refractivity contribution in [3.63, 3.8) is 0 Å². The van der Waals surface area contributed by atoms with Gasteiger partial charge in [0, 0.05) is 16.8 Å². The maximum absolute atomic E-state index is 9.22. The van der Waals surface area contributed by atoms with Gasteiger partial charge in [-0.2, -0.15) is 5.26 Å². The number of hydrogen-bond donors (Lipinski definition) is 1. The van der Waals surface area contributed by atoms with Crippen molar-refractivity contribution in [2.75, 3.05) is 0 Å². The number of ether oxygens (including phenoxy) is 1. The zero-order valence-electron chi connectivity index (χ0n) is 12.1. The lowest BCUT2D eigenvalue weighted by atomic mass is 10.0. The molecule has 2 unspecified atom stereocenters. The van der Waals surface area contributed by atoms with Gasteiger partial charge in [0.25, 0.3) is 0 Å². The van der Waals surface area contributed by atoms with Crippen LogP contribution in [0.1, 0.15) is 37.7 Å². The molecular weight excluding hydrogens is 260 g/mol. The van der Waals surface area contributed by atoms with Crippen molar-refractivity contribution in [2.45, 2.75) is 44.2 Å². The summed E-state index contributed by atoms with van der Waals surface area (Å²) < 4.78 is 6.23. The van der Waals surface area contributed by atoms with Crippen molar-refractivity contribution in [1.29, 1.82) is 5.26 Å². The minimum absolute atomic E-state index is 0.0730. The van der Waals surface area contributed by atoms with Gasteiger partial charge in [-0.05, 0) is 31.4 Å². The third-order valence-corrected chi connectivity index (χ3v) is 4.29. The number of fused-ring (bicyclic) bond motifs is 1. The average Bonchev–Trinajstić information content (AvgIpc) is 2.72. The second kappa shape index (κ2) is 6.15. The van der Waals surface area contributed by atoms with E-state index in [9.17, 15) is 5.26 Å². The Labute approximate surface area is 125 Å². The lowest BCUT2D eigenvalue weighted by Crippen LogP contribution is -2.37. The topological polar surface area (TPSA) is 59.0 Å². The highest BCUT2D eigenvalue weighted by atomic mass is 16.5. The van der Waals surface area contributed by atoms with Crippen LogP contribution in [-0.2, 0) is 0 Å². The molecule has 0 aromatic heterocycles. The molecule has 1 aliphatic carbocycles. The molecule has 108 valence electrons. The fourth-order valence-electron chi connectivity index (χ4n) is 3.08. The standard InChI is InChI=1S/C18H20N2O/c19-12-13-10-11-17(15-7-5-4-6-14(13)15)21-18-9-3-1-2-8-16(18)20/h4-7,10-11,16,18H,1-3,8-9,20H2. The molecule has 0 amide bonds. The first-order chi connectivity index (χ1) is 10.3. The van der Waals surface area contributed by atoms with E-state index >= 15 is 0 Å². The van der Waals surface area contributed by atoms with E-state index in [1.165, 1.54) is 19.3 Å². The van der Waals surface area contributed by atoms with E-state index in [-0.39, 0.29) is 12.1 Å². The van der Waals surface area contributed by atoms with Crippen LogP contribution in [0.2, 0.25) is 0 Å². The van der Waals surface area contributed by atoms with Gasteiger partial charge in [-0.1, -0.05) is 37.1 Å². The van der Waals surface area contributed by atoms with E-state index in [1.807, 2.05) is 36.4 Å². The zero-order valence-corrected chi connectivity index (χ0v) is 12.1. The quantitative estimate of drug-likeness (QED) is 0.852. The predicted molar refractivity (Wildman–Crippen MR) is 84.1 cm³/mol. The number of nitrogens with zero attached hydrogens (tertiary/aromatic N) is 1. The Morgan fingerprint density at radius 2 is 1.76 bits per heavy atom. The van der Waals surface area contributed by atoms with Crippen molar-refractivity contribution in [3.05, 3.63) is 42.0 Å². The van der Waals surface area contributed by atoms with Crippen LogP contribution in [0.25, 0.3) is 10.8 Å². The fourth-order valence-corrected chi connectivity index (χ4v) is 3.08. The molecule has 2 aromatic carbocycles. The van der Waals surface area contributed by atoms with Crippen LogP contribution in [0, 0.1) is 11.3 Å². The molecule has 0 saturated heterocycles. The van der Waals surface area contributed by atoms with Crippen LogP contribution >= 0.6 is 0 Å². The van der Waals surface area contributed by atoms with Crippen molar-refractivity contribution in [2.24, 2.45) is 5.73 Å². The van der Waals surface area contributed by atoms with Crippen LogP contribution in [-0.4, -0.2) is 12.1 Å². The maximum Gasteiger partial charge on any atom is 0.127 e. The summed E-state index contributed by atoms with van der Waals surface area (Å²) in [6.45, 7) is 0. The molecule has 0 radical (unpaired) electrons. The summed E-state index contributed by atoms with van der Waals surface area (Å²) in [7, 11) is 0. The van der Waals surface area contributed by atoms with E-state index in [0.29, 0.717) is 5.56 Å². The highest BCUT2D eigenvalue weighted by Crippen LogP contribution is 2.31. The minimum atomic E-state index is 0.0730. The summed E-state index contributed by atoms with van der Waals surface area (Å²) in [5.74, 6) is 0.840. The zero-order chi connectivity index (χ0) is 14.7. The largest absolute Gasteiger partial charge is 0.488 e. The number of nitrogens with two attached hydrogens (primary N) is 1. The average molecular weight is 280 g/mol. The summed E-state index contributed by atoms with van der Waals surface area (Å²) in [5, 5.41) is 11.2. The first-order valence-corrected chi connectivity index (χ1v) is 7.63. The summed E-state index contributed by atoms with van der Waals surface area (Å²) in [5.41, 5.74) is 6.93. The Bertz CT molecular complexity index is 674. The molecule has 2 N–H and O–H groups in total. The second-order valence-electron chi connectivity index (χ2n) is 5.73. The smallest absolute Gasteiger partial charge is 0.127 e. The van der Waals surface area contributed by atoms with E-state index < -0.39 is 0 Å². The molecule has 3 nitrogen and oxygen atoms in total. The molecule has 1 aliphatic rings. The summed E-state index contributed by atoms with van der Waals surface area (Å²) in [6.07, 6.45) is 5.71. The van der Waals surface area contributed by atoms with Crippen LogP contribution in [0.4, 0.5) is 0 Å². The van der Waals surface area contributed by atoms with Gasteiger partial charge in [0.2, 0.25) is 0 Å². The Hall–Kier alpha value is -2.05. The SMILES string of the molecule is N#Cc1ccc(OC2CCCCCC2N)c2ccccc12. The second-order valence-corrected chi connectivity index (χ2v) is 5.73. The first kappa shape index (κ1) is 13.9. The molecule has 0 aliphatic heterocycles. The molecule has 0 heterocycles. The molecule has 2 atom stereocenters. The number of hydrogen-bond acceptors (Lipinski definition) is 3. The Morgan fingerprint density at radius 3 is 2.57 bits per heavy atom. The molecular formula is C18H20N2O. The normalized spacial score (nSPS) is 22.5. The lowest BCUT2D eigenvalue weighted by molar-refractivity contribution is 0.165. The molecule has 2 aromatic rings. The van der Waals surface area contributed by atoms with Gasteiger partial charge in [0.15, 0.2) is 0 Å². The van der Waals surface area contributed by atoms with Crippen LogP contribution < -0.4 is 10.5 Å². The van der Waals surface area contributed by atoms with Gasteiger partial charge in [0.1, 0.15) is 11.9 Å². The highest BCUT2D eigenvalue weighted by Gasteiger charge is 2.22. The third kappa shape index (κ3) is 2.86. The lowest BCUT2D eigenvalue weighted by Gasteiger charge is -2.24. The van der Waals surface area contributed by atoms with Gasteiger partial charge in [-0.3, -0.25) is 0 Å². The van der Waals surface area contributed by atoms with E-state index in [4.69, 9.17) is 10.5 Å². The molecule has 21 heavy (non-hydrogen) atoms. The van der Waals surface area contributed by atoms with Crippen molar-refractivity contribution in [3.8, 4) is 11.8 Å². The Balaban J connectivity index is 1.96. The van der Waals surface area contributed by atoms with Crippen molar-refractivity contribution >= 4 is 10.8 Å². The van der Waals surface area contributed by atoms with Crippen molar-refractivity contribution in [1.82, 2.24) is 0 Å². The monoisotopic (exact) mass is 280 g/mol. The summed E-state index contributed by atoms with van der Waals surface area (Å²) >= 11 is 0. The Morgan fingerprint density at radius 1 is 1.00 bits per heavy atom. The van der Waals surface area contributed by atoms with Crippen LogP contribution in [0.15, 0.2) is 36.4 Å². The number of rotatable bonds is 2. The predicted octanol–water partition coefficient (Wildman–Crippen LogP) is 3.75. The van der Waals surface area contributed by atoms with Crippen LogP contribution in [0.3, 0.4) is 0 Å². The van der Waals surface area contributed by atoms with Gasteiger partial charge in [-0.15, -0.1) is 0 Å². The maximum atomic E-state index is 9.22. The summed E-state index contributed by atoms with van der Waals surface area (Å²) in [4.78, 5) is 0. The summed E-state index contributed by atoms with van der Waals surface area (Å²) in [6, 6.07) is 14.0.